The first kappa shape index (κ1) is 22.4. The normalized spacial score (nSPS) is 13.9. The predicted octanol–water partition coefficient (Wildman–Crippen LogP) is 2.91. The van der Waals surface area contributed by atoms with E-state index in [4.69, 9.17) is 10.5 Å². The van der Waals surface area contributed by atoms with Crippen molar-refractivity contribution in [1.29, 1.82) is 0 Å². The molecular weight excluding hydrogens is 374 g/mol. The van der Waals surface area contributed by atoms with Crippen molar-refractivity contribution in [2.24, 2.45) is 11.7 Å². The molecule has 0 fully saturated rings. The maximum atomic E-state index is 13.0. The lowest BCUT2D eigenvalue weighted by atomic mass is 10.00. The number of ether oxygens (including phenoxy) is 1. The van der Waals surface area contributed by atoms with Crippen molar-refractivity contribution in [3.63, 3.8) is 0 Å². The lowest BCUT2D eigenvalue weighted by Gasteiger charge is -2.32. The Morgan fingerprint density at radius 1 is 1.21 bits per heavy atom. The maximum absolute atomic E-state index is 13.0. The average Bonchev–Trinajstić information content (AvgIpc) is 3.01. The van der Waals surface area contributed by atoms with E-state index in [1.807, 2.05) is 24.3 Å². The molecule has 0 bridgehead atoms. The summed E-state index contributed by atoms with van der Waals surface area (Å²) >= 11 is 0. The van der Waals surface area contributed by atoms with Crippen LogP contribution in [0.4, 0.5) is 4.79 Å². The van der Waals surface area contributed by atoms with E-state index >= 15 is 0 Å². The Labute approximate surface area is 170 Å². The van der Waals surface area contributed by atoms with Crippen LogP contribution in [-0.4, -0.2) is 50.6 Å². The van der Waals surface area contributed by atoms with Gasteiger partial charge in [-0.3, -0.25) is 4.79 Å². The van der Waals surface area contributed by atoms with Crippen molar-refractivity contribution in [2.45, 2.75) is 58.7 Å². The van der Waals surface area contributed by atoms with Gasteiger partial charge in [-0.05, 0) is 38.3 Å². The molecule has 158 valence electrons. The van der Waals surface area contributed by atoms with Crippen molar-refractivity contribution in [1.82, 2.24) is 9.88 Å². The molecule has 8 heteroatoms. The summed E-state index contributed by atoms with van der Waals surface area (Å²) in [6.07, 6.45) is 0.585. The highest BCUT2D eigenvalue weighted by Crippen LogP contribution is 2.23. The van der Waals surface area contributed by atoms with Gasteiger partial charge < -0.3 is 20.6 Å². The van der Waals surface area contributed by atoms with Gasteiger partial charge in [0.05, 0.1) is 6.04 Å². The quantitative estimate of drug-likeness (QED) is 0.681. The molecule has 0 saturated carbocycles. The van der Waals surface area contributed by atoms with Gasteiger partial charge in [0, 0.05) is 23.5 Å². The van der Waals surface area contributed by atoms with Crippen LogP contribution in [0.1, 0.15) is 40.2 Å². The van der Waals surface area contributed by atoms with Gasteiger partial charge in [-0.25, -0.2) is 14.5 Å². The Morgan fingerprint density at radius 3 is 2.38 bits per heavy atom. The number of hydrogen-bond donors (Lipinski definition) is 3. The van der Waals surface area contributed by atoms with E-state index < -0.39 is 35.7 Å². The lowest BCUT2D eigenvalue weighted by molar-refractivity contribution is -0.150. The van der Waals surface area contributed by atoms with Crippen molar-refractivity contribution < 1.29 is 24.2 Å². The topological polar surface area (TPSA) is 126 Å². The number of nitrogens with one attached hydrogen (secondary N) is 1. The third-order valence-corrected chi connectivity index (χ3v) is 4.52. The van der Waals surface area contributed by atoms with Crippen LogP contribution in [0.25, 0.3) is 10.9 Å². The largest absolute Gasteiger partial charge is 0.480 e. The molecule has 2 rings (SSSR count). The first-order valence-corrected chi connectivity index (χ1v) is 9.51. The van der Waals surface area contributed by atoms with Gasteiger partial charge >= 0.3 is 12.1 Å². The van der Waals surface area contributed by atoms with Crippen LogP contribution in [0.5, 0.6) is 0 Å². The number of amides is 2. The molecule has 2 amide bonds. The van der Waals surface area contributed by atoms with Gasteiger partial charge in [-0.1, -0.05) is 32.0 Å². The summed E-state index contributed by atoms with van der Waals surface area (Å²) in [4.78, 5) is 41.6. The maximum Gasteiger partial charge on any atom is 0.417 e. The number of nitrogens with zero attached hydrogens (tertiary/aromatic N) is 1. The van der Waals surface area contributed by atoms with Gasteiger partial charge in [-0.2, -0.15) is 0 Å². The number of aliphatic carboxylic acids is 1. The Kier molecular flexibility index (Phi) is 6.69. The van der Waals surface area contributed by atoms with Crippen LogP contribution in [0.3, 0.4) is 0 Å². The fourth-order valence-electron chi connectivity index (χ4n) is 2.93. The highest BCUT2D eigenvalue weighted by molar-refractivity contribution is 5.99. The standard InChI is InChI=1S/C21H29N3O5/c1-12(2)17(22)18(25)24(20(28)29-21(3,4)5)16(19(26)27)10-13-11-23-15-9-7-6-8-14(13)15/h6-9,11-12,16-17,23H,10,22H2,1-5H3,(H,26,27). The Balaban J connectivity index is 2.46. The second kappa shape index (κ2) is 8.65. The molecule has 1 aromatic carbocycles. The number of imide groups is 1. The monoisotopic (exact) mass is 403 g/mol. The molecule has 8 nitrogen and oxygen atoms in total. The minimum atomic E-state index is -1.46. The number of rotatable bonds is 6. The summed E-state index contributed by atoms with van der Waals surface area (Å²) < 4.78 is 5.33. The number of H-pyrrole nitrogens is 1. The molecule has 1 heterocycles. The summed E-state index contributed by atoms with van der Waals surface area (Å²) in [6.45, 7) is 8.39. The van der Waals surface area contributed by atoms with Crippen molar-refractivity contribution in [2.75, 3.05) is 0 Å². The van der Waals surface area contributed by atoms with Gasteiger partial charge in [0.15, 0.2) is 0 Å². The summed E-state index contributed by atoms with van der Waals surface area (Å²) in [5.41, 5.74) is 6.57. The zero-order chi connectivity index (χ0) is 21.9. The highest BCUT2D eigenvalue weighted by Gasteiger charge is 2.40. The molecule has 1 aromatic heterocycles. The third-order valence-electron chi connectivity index (χ3n) is 4.52. The van der Waals surface area contributed by atoms with Crippen LogP contribution in [0.2, 0.25) is 0 Å². The van der Waals surface area contributed by atoms with E-state index in [1.54, 1.807) is 40.8 Å². The number of carbonyl (C=O) groups is 3. The molecular formula is C21H29N3O5. The molecule has 0 aliphatic carbocycles. The van der Waals surface area contributed by atoms with Crippen LogP contribution in [-0.2, 0) is 20.7 Å². The third kappa shape index (κ3) is 5.35. The van der Waals surface area contributed by atoms with E-state index in [0.29, 0.717) is 10.5 Å². The lowest BCUT2D eigenvalue weighted by Crippen LogP contribution is -2.57. The number of carbonyl (C=O) groups excluding carboxylic acids is 2. The number of carboxylic acid groups (broad SMARTS) is 1. The van der Waals surface area contributed by atoms with Crippen molar-refractivity contribution in [3.8, 4) is 0 Å². The van der Waals surface area contributed by atoms with E-state index in [-0.39, 0.29) is 12.3 Å². The number of aromatic amines is 1. The second-order valence-electron chi connectivity index (χ2n) is 8.38. The smallest absolute Gasteiger partial charge is 0.417 e. The van der Waals surface area contributed by atoms with Crippen LogP contribution >= 0.6 is 0 Å². The molecule has 0 aliphatic heterocycles. The number of fused-ring (bicyclic) bond motifs is 1. The molecule has 0 aliphatic rings. The number of benzene rings is 1. The van der Waals surface area contributed by atoms with Crippen LogP contribution in [0, 0.1) is 5.92 Å². The second-order valence-corrected chi connectivity index (χ2v) is 8.38. The number of para-hydroxylation sites is 1. The average molecular weight is 403 g/mol. The molecule has 4 N–H and O–H groups in total. The Morgan fingerprint density at radius 2 is 1.83 bits per heavy atom. The number of aromatic nitrogens is 1. The SMILES string of the molecule is CC(C)C(N)C(=O)N(C(=O)OC(C)(C)C)C(Cc1c[nH]c2ccccc12)C(=O)O. The van der Waals surface area contributed by atoms with Crippen LogP contribution in [0.15, 0.2) is 30.5 Å². The zero-order valence-corrected chi connectivity index (χ0v) is 17.4. The van der Waals surface area contributed by atoms with E-state index in [2.05, 4.69) is 4.98 Å². The van der Waals surface area contributed by atoms with Gasteiger partial charge in [0.2, 0.25) is 5.91 Å². The molecule has 2 atom stereocenters. The van der Waals surface area contributed by atoms with Gasteiger partial charge in [0.25, 0.3) is 0 Å². The minimum Gasteiger partial charge on any atom is -0.480 e. The van der Waals surface area contributed by atoms with E-state index in [0.717, 1.165) is 10.9 Å². The van der Waals surface area contributed by atoms with E-state index in [9.17, 15) is 19.5 Å². The summed E-state index contributed by atoms with van der Waals surface area (Å²) in [5, 5.41) is 10.7. The number of nitrogens with two attached hydrogens (primary N) is 1. The molecule has 2 aromatic rings. The molecule has 0 radical (unpaired) electrons. The molecule has 0 spiro atoms. The Bertz CT molecular complexity index is 897. The predicted molar refractivity (Wildman–Crippen MR) is 109 cm³/mol. The van der Waals surface area contributed by atoms with Crippen LogP contribution < -0.4 is 5.73 Å². The highest BCUT2D eigenvalue weighted by atomic mass is 16.6. The van der Waals surface area contributed by atoms with E-state index in [1.165, 1.54) is 0 Å². The molecule has 0 saturated heterocycles. The summed E-state index contributed by atoms with van der Waals surface area (Å²) in [7, 11) is 0. The number of hydrogen-bond acceptors (Lipinski definition) is 5. The van der Waals surface area contributed by atoms with Gasteiger partial charge in [-0.15, -0.1) is 0 Å². The first-order chi connectivity index (χ1) is 13.4. The number of carboxylic acids is 1. The minimum absolute atomic E-state index is 0.0743. The zero-order valence-electron chi connectivity index (χ0n) is 17.4. The summed E-state index contributed by atoms with van der Waals surface area (Å²) in [6, 6.07) is 4.91. The fourth-order valence-corrected chi connectivity index (χ4v) is 2.93. The summed E-state index contributed by atoms with van der Waals surface area (Å²) in [5.74, 6) is -2.37. The van der Waals surface area contributed by atoms with Crippen molar-refractivity contribution >= 4 is 28.9 Å². The molecule has 29 heavy (non-hydrogen) atoms. The Hall–Kier alpha value is -2.87. The molecule has 2 unspecified atom stereocenters. The van der Waals surface area contributed by atoms with Gasteiger partial charge in [0.1, 0.15) is 11.6 Å². The first-order valence-electron chi connectivity index (χ1n) is 9.51. The fraction of sp³-hybridized carbons (Fsp3) is 0.476. The van der Waals surface area contributed by atoms with Crippen molar-refractivity contribution in [3.05, 3.63) is 36.0 Å².